The van der Waals surface area contributed by atoms with Gasteiger partial charge in [0.05, 0.1) is 24.5 Å². The summed E-state index contributed by atoms with van der Waals surface area (Å²) in [5.74, 6) is -0.710. The van der Waals surface area contributed by atoms with Crippen LogP contribution in [0.3, 0.4) is 0 Å². The summed E-state index contributed by atoms with van der Waals surface area (Å²) in [5, 5.41) is 3.02. The van der Waals surface area contributed by atoms with Crippen molar-refractivity contribution in [3.8, 4) is 0 Å². The van der Waals surface area contributed by atoms with Crippen LogP contribution in [0.2, 0.25) is 0 Å². The van der Waals surface area contributed by atoms with Crippen LogP contribution in [0.15, 0.2) is 29.2 Å². The number of hydrogen-bond acceptors (Lipinski definition) is 8. The van der Waals surface area contributed by atoms with Gasteiger partial charge in [-0.2, -0.15) is 0 Å². The molecule has 1 aliphatic heterocycles. The number of nitrogens with one attached hydrogen (secondary N) is 1. The zero-order valence-electron chi connectivity index (χ0n) is 20.1. The van der Waals surface area contributed by atoms with E-state index in [4.69, 9.17) is 15.2 Å². The van der Waals surface area contributed by atoms with Crippen molar-refractivity contribution >= 4 is 51.8 Å². The second-order valence-corrected chi connectivity index (χ2v) is 11.3. The molecule has 1 aromatic heterocycles. The number of anilines is 2. The first kappa shape index (κ1) is 25.9. The largest absolute Gasteiger partial charge is 0.465 e. The fraction of sp³-hybridized carbons (Fsp3) is 0.458. The maximum Gasteiger partial charge on any atom is 0.410 e. The average molecular weight is 506 g/mol. The number of methoxy groups -OCH3 is 1. The summed E-state index contributed by atoms with van der Waals surface area (Å²) in [6.07, 6.45) is 0.665. The predicted octanol–water partition coefficient (Wildman–Crippen LogP) is 4.92. The molecule has 0 saturated carbocycles. The van der Waals surface area contributed by atoms with Crippen molar-refractivity contribution in [2.24, 2.45) is 0 Å². The first-order valence-electron chi connectivity index (χ1n) is 11.1. The second kappa shape index (κ2) is 10.7. The van der Waals surface area contributed by atoms with E-state index in [-0.39, 0.29) is 11.2 Å². The number of ether oxygens (including phenoxy) is 2. The van der Waals surface area contributed by atoms with Crippen LogP contribution in [-0.2, 0) is 27.2 Å². The van der Waals surface area contributed by atoms with Crippen molar-refractivity contribution in [2.45, 2.75) is 62.8 Å². The van der Waals surface area contributed by atoms with Gasteiger partial charge in [-0.25, -0.2) is 9.59 Å². The molecule has 184 valence electrons. The van der Waals surface area contributed by atoms with Crippen LogP contribution in [0.25, 0.3) is 0 Å². The van der Waals surface area contributed by atoms with Crippen LogP contribution in [-0.4, -0.2) is 47.4 Å². The number of nitrogen functional groups attached to an aromatic ring is 1. The van der Waals surface area contributed by atoms with E-state index in [1.54, 1.807) is 11.0 Å². The molecule has 1 unspecified atom stereocenters. The lowest BCUT2D eigenvalue weighted by atomic mass is 10.0. The monoisotopic (exact) mass is 505 g/mol. The molecule has 2 heterocycles. The molecule has 1 aromatic carbocycles. The lowest BCUT2D eigenvalue weighted by Crippen LogP contribution is -2.39. The number of fused-ring (bicyclic) bond motifs is 1. The van der Waals surface area contributed by atoms with Crippen molar-refractivity contribution in [3.63, 3.8) is 0 Å². The zero-order chi connectivity index (χ0) is 25.0. The smallest absolute Gasteiger partial charge is 0.410 e. The number of benzene rings is 1. The summed E-state index contributed by atoms with van der Waals surface area (Å²) >= 11 is 2.72. The molecule has 8 nitrogen and oxygen atoms in total. The Labute approximate surface area is 208 Å². The van der Waals surface area contributed by atoms with Gasteiger partial charge in [0.1, 0.15) is 10.6 Å². The second-order valence-electron chi connectivity index (χ2n) is 8.93. The van der Waals surface area contributed by atoms with Crippen molar-refractivity contribution in [1.29, 1.82) is 0 Å². The molecule has 2 aromatic rings. The molecule has 1 aliphatic rings. The maximum atomic E-state index is 13.1. The molecule has 34 heavy (non-hydrogen) atoms. The first-order valence-corrected chi connectivity index (χ1v) is 12.8. The van der Waals surface area contributed by atoms with Crippen LogP contribution in [0.1, 0.15) is 54.9 Å². The molecule has 0 aliphatic carbocycles. The van der Waals surface area contributed by atoms with E-state index in [1.165, 1.54) is 30.2 Å². The number of nitrogens with two attached hydrogens (primary N) is 1. The highest BCUT2D eigenvalue weighted by molar-refractivity contribution is 8.00. The minimum absolute atomic E-state index is 0.206. The van der Waals surface area contributed by atoms with Crippen LogP contribution in [0.4, 0.5) is 15.5 Å². The van der Waals surface area contributed by atoms with E-state index in [1.807, 2.05) is 45.9 Å². The van der Waals surface area contributed by atoms with Gasteiger partial charge in [-0.3, -0.25) is 4.79 Å². The third-order valence-electron chi connectivity index (χ3n) is 5.13. The number of carbonyl (C=O) groups is 3. The van der Waals surface area contributed by atoms with Crippen molar-refractivity contribution < 1.29 is 23.9 Å². The molecule has 0 saturated heterocycles. The lowest BCUT2D eigenvalue weighted by Gasteiger charge is -2.30. The molecular weight excluding hydrogens is 474 g/mol. The van der Waals surface area contributed by atoms with Crippen LogP contribution in [0, 0.1) is 0 Å². The minimum atomic E-state index is -0.598. The predicted molar refractivity (Wildman–Crippen MR) is 135 cm³/mol. The van der Waals surface area contributed by atoms with Gasteiger partial charge in [-0.15, -0.1) is 23.1 Å². The lowest BCUT2D eigenvalue weighted by molar-refractivity contribution is -0.115. The molecule has 3 N–H and O–H groups in total. The fourth-order valence-corrected chi connectivity index (χ4v) is 5.84. The summed E-state index contributed by atoms with van der Waals surface area (Å²) in [6, 6.07) is 7.38. The molecule has 0 fully saturated rings. The highest BCUT2D eigenvalue weighted by Crippen LogP contribution is 2.39. The van der Waals surface area contributed by atoms with Crippen LogP contribution >= 0.6 is 23.1 Å². The van der Waals surface area contributed by atoms with Gasteiger partial charge >= 0.3 is 12.1 Å². The fourth-order valence-electron chi connectivity index (χ4n) is 3.56. The van der Waals surface area contributed by atoms with Gasteiger partial charge in [0.15, 0.2) is 0 Å². The van der Waals surface area contributed by atoms with Gasteiger partial charge in [0, 0.05) is 22.0 Å². The Balaban J connectivity index is 1.82. The maximum absolute atomic E-state index is 13.1. The summed E-state index contributed by atoms with van der Waals surface area (Å²) in [5.41, 5.74) is 7.07. The molecule has 10 heteroatoms. The highest BCUT2D eigenvalue weighted by Gasteiger charge is 2.33. The van der Waals surface area contributed by atoms with Crippen molar-refractivity contribution in [3.05, 3.63) is 40.3 Å². The third-order valence-corrected chi connectivity index (χ3v) is 7.62. The zero-order valence-corrected chi connectivity index (χ0v) is 21.7. The van der Waals surface area contributed by atoms with Crippen molar-refractivity contribution in [1.82, 2.24) is 4.90 Å². The third kappa shape index (κ3) is 6.24. The van der Waals surface area contributed by atoms with E-state index in [0.717, 1.165) is 15.3 Å². The van der Waals surface area contributed by atoms with Gasteiger partial charge in [-0.05, 0) is 57.4 Å². The van der Waals surface area contributed by atoms with E-state index in [9.17, 15) is 14.4 Å². The standard InChI is InChI=1S/C24H31N3O5S2/c1-6-17(33-15-9-7-8-14(25)12-15)20(28)26-21-19(22(29)31-5)16-10-11-27(13-18(16)34-21)23(30)32-24(2,3)4/h7-9,12,17H,6,10-11,13,25H2,1-5H3,(H,26,28). The van der Waals surface area contributed by atoms with Crippen LogP contribution < -0.4 is 11.1 Å². The van der Waals surface area contributed by atoms with E-state index >= 15 is 0 Å². The average Bonchev–Trinajstić information content (AvgIpc) is 3.12. The molecule has 0 spiro atoms. The van der Waals surface area contributed by atoms with E-state index in [2.05, 4.69) is 5.32 Å². The Bertz CT molecular complexity index is 1080. The molecular formula is C24H31N3O5S2. The van der Waals surface area contributed by atoms with Gasteiger partial charge in [0.2, 0.25) is 5.91 Å². The quantitative estimate of drug-likeness (QED) is 0.326. The summed E-state index contributed by atoms with van der Waals surface area (Å²) in [7, 11) is 1.32. The normalized spacial score (nSPS) is 14.2. The topological polar surface area (TPSA) is 111 Å². The minimum Gasteiger partial charge on any atom is -0.465 e. The number of rotatable bonds is 6. The van der Waals surface area contributed by atoms with Gasteiger partial charge in [0.25, 0.3) is 0 Å². The number of esters is 1. The Kier molecular flexibility index (Phi) is 8.14. The number of hydrogen-bond donors (Lipinski definition) is 2. The summed E-state index contributed by atoms with van der Waals surface area (Å²) in [6.45, 7) is 8.12. The highest BCUT2D eigenvalue weighted by atomic mass is 32.2. The molecule has 1 atom stereocenters. The molecule has 0 radical (unpaired) electrons. The Morgan fingerprint density at radius 1 is 1.29 bits per heavy atom. The first-order chi connectivity index (χ1) is 16.0. The Hall–Kier alpha value is -2.72. The Morgan fingerprint density at radius 3 is 2.65 bits per heavy atom. The number of thiophene rings is 1. The van der Waals surface area contributed by atoms with E-state index in [0.29, 0.717) is 42.2 Å². The summed E-state index contributed by atoms with van der Waals surface area (Å²) < 4.78 is 10.5. The van der Waals surface area contributed by atoms with Crippen LogP contribution in [0.5, 0.6) is 0 Å². The van der Waals surface area contributed by atoms with E-state index < -0.39 is 17.7 Å². The molecule has 2 amide bonds. The van der Waals surface area contributed by atoms with Gasteiger partial charge < -0.3 is 25.4 Å². The number of amides is 2. The number of nitrogens with zero attached hydrogens (tertiary/aromatic N) is 1. The van der Waals surface area contributed by atoms with Crippen molar-refractivity contribution in [2.75, 3.05) is 24.7 Å². The number of thioether (sulfide) groups is 1. The molecule has 3 rings (SSSR count). The Morgan fingerprint density at radius 2 is 2.03 bits per heavy atom. The van der Waals surface area contributed by atoms with Gasteiger partial charge in [-0.1, -0.05) is 13.0 Å². The SMILES string of the molecule is CCC(Sc1cccc(N)c1)C(=O)Nc1sc2c(c1C(=O)OC)CCN(C(=O)OC(C)(C)C)C2. The molecule has 0 bridgehead atoms. The summed E-state index contributed by atoms with van der Waals surface area (Å²) in [4.78, 5) is 41.7. The number of carbonyl (C=O) groups excluding carboxylic acids is 3.